The summed E-state index contributed by atoms with van der Waals surface area (Å²) in [7, 11) is 0. The van der Waals surface area contributed by atoms with Crippen molar-refractivity contribution < 1.29 is 14.8 Å². The molecule has 0 aromatic rings. The van der Waals surface area contributed by atoms with E-state index in [1.165, 1.54) is 0 Å². The van der Waals surface area contributed by atoms with Gasteiger partial charge in [-0.3, -0.25) is 5.32 Å². The summed E-state index contributed by atoms with van der Waals surface area (Å²) in [6, 6.07) is 0. The quantitative estimate of drug-likeness (QED) is 0.421. The molecule has 0 radical (unpaired) electrons. The highest BCUT2D eigenvalue weighted by Crippen LogP contribution is 1.84. The number of esters is 1. The number of aliphatic imine (C=N–C) groups is 1. The lowest BCUT2D eigenvalue weighted by Crippen LogP contribution is -2.83. The van der Waals surface area contributed by atoms with E-state index in [1.807, 2.05) is 0 Å². The van der Waals surface area contributed by atoms with Crippen LogP contribution in [0.25, 0.3) is 0 Å². The zero-order valence-electron chi connectivity index (χ0n) is 5.86. The second-order valence-corrected chi connectivity index (χ2v) is 2.33. The van der Waals surface area contributed by atoms with Crippen molar-refractivity contribution in [3.05, 3.63) is 12.4 Å². The van der Waals surface area contributed by atoms with Crippen LogP contribution in [0.4, 0.5) is 0 Å². The highest BCUT2D eigenvalue weighted by Gasteiger charge is 2.18. The average molecular weight is 173 g/mol. The van der Waals surface area contributed by atoms with Gasteiger partial charge in [0.2, 0.25) is 0 Å². The van der Waals surface area contributed by atoms with Crippen molar-refractivity contribution in [3.8, 4) is 0 Å². The third-order valence-electron chi connectivity index (χ3n) is 1.09. The molecule has 1 aliphatic heterocycles. The molecule has 4 nitrogen and oxygen atoms in total. The van der Waals surface area contributed by atoms with Gasteiger partial charge >= 0.3 is 11.8 Å². The van der Waals surface area contributed by atoms with Gasteiger partial charge in [-0.1, -0.05) is 0 Å². The van der Waals surface area contributed by atoms with Crippen molar-refractivity contribution in [2.24, 2.45) is 4.99 Å². The lowest BCUT2D eigenvalue weighted by molar-refractivity contribution is -0.456. The van der Waals surface area contributed by atoms with E-state index in [0.29, 0.717) is 18.2 Å². The van der Waals surface area contributed by atoms with Gasteiger partial charge in [0.25, 0.3) is 0 Å². The molecule has 0 amide bonds. The molecule has 0 bridgehead atoms. The maximum Gasteiger partial charge on any atom is 0.414 e. The minimum atomic E-state index is -0.385. The minimum absolute atomic E-state index is 0.328. The predicted octanol–water partition coefficient (Wildman–Crippen LogP) is -1.09. The van der Waals surface area contributed by atoms with E-state index in [9.17, 15) is 4.79 Å². The zero-order valence-corrected chi connectivity index (χ0v) is 6.75. The SMILES string of the molecule is O=C(OCCS)C1=NC=C[NH2+]1. The highest BCUT2D eigenvalue weighted by molar-refractivity contribution is 7.80. The van der Waals surface area contributed by atoms with Gasteiger partial charge in [0.1, 0.15) is 12.8 Å². The summed E-state index contributed by atoms with van der Waals surface area (Å²) >= 11 is 3.89. The van der Waals surface area contributed by atoms with Crippen LogP contribution in [-0.4, -0.2) is 24.2 Å². The summed E-state index contributed by atoms with van der Waals surface area (Å²) in [5.41, 5.74) is 0. The van der Waals surface area contributed by atoms with Gasteiger partial charge in [0, 0.05) is 5.75 Å². The molecule has 1 rings (SSSR count). The Hall–Kier alpha value is -0.810. The molecule has 2 N–H and O–H groups in total. The van der Waals surface area contributed by atoms with Crippen LogP contribution in [0.3, 0.4) is 0 Å². The van der Waals surface area contributed by atoms with Crippen LogP contribution in [0.2, 0.25) is 0 Å². The van der Waals surface area contributed by atoms with Crippen LogP contribution in [0.15, 0.2) is 17.4 Å². The third kappa shape index (κ3) is 2.36. The lowest BCUT2D eigenvalue weighted by Gasteiger charge is -1.97. The maximum absolute atomic E-state index is 10.9. The Kier molecular flexibility index (Phi) is 3.13. The van der Waals surface area contributed by atoms with Crippen LogP contribution in [0.5, 0.6) is 0 Å². The molecule has 5 heteroatoms. The molecular formula is C6H9N2O2S+. The van der Waals surface area contributed by atoms with E-state index in [4.69, 9.17) is 4.74 Å². The summed E-state index contributed by atoms with van der Waals surface area (Å²) in [5, 5.41) is 1.61. The van der Waals surface area contributed by atoms with Crippen LogP contribution in [0.1, 0.15) is 0 Å². The van der Waals surface area contributed by atoms with Gasteiger partial charge in [-0.05, 0) is 0 Å². The second kappa shape index (κ2) is 4.15. The van der Waals surface area contributed by atoms with Gasteiger partial charge in [0.05, 0.1) is 6.20 Å². The number of hydrogen-bond acceptors (Lipinski definition) is 4. The Bertz CT molecular complexity index is 213. The monoisotopic (exact) mass is 173 g/mol. The molecule has 0 atom stereocenters. The molecule has 0 aromatic carbocycles. The molecule has 60 valence electrons. The number of nitrogens with two attached hydrogens (primary N) is 1. The van der Waals surface area contributed by atoms with E-state index in [1.54, 1.807) is 17.7 Å². The maximum atomic E-state index is 10.9. The number of rotatable bonds is 3. The molecule has 0 aliphatic carbocycles. The highest BCUT2D eigenvalue weighted by atomic mass is 32.1. The molecular weight excluding hydrogens is 164 g/mol. The number of carbonyl (C=O) groups is 1. The predicted molar refractivity (Wildman–Crippen MR) is 43.3 cm³/mol. The summed E-state index contributed by atoms with van der Waals surface area (Å²) in [6.45, 7) is 0.328. The van der Waals surface area contributed by atoms with Crippen LogP contribution >= 0.6 is 12.6 Å². The van der Waals surface area contributed by atoms with E-state index >= 15 is 0 Å². The Labute approximate surface area is 69.7 Å². The number of ether oxygens (including phenoxy) is 1. The fraction of sp³-hybridized carbons (Fsp3) is 0.333. The molecule has 1 aliphatic rings. The number of thiol groups is 1. The fourth-order valence-corrected chi connectivity index (χ4v) is 0.725. The number of nitrogens with zero attached hydrogens (tertiary/aromatic N) is 1. The Morgan fingerprint density at radius 2 is 2.64 bits per heavy atom. The number of amidine groups is 1. The molecule has 11 heavy (non-hydrogen) atoms. The van der Waals surface area contributed by atoms with Gasteiger partial charge in [-0.2, -0.15) is 17.6 Å². The first-order valence-corrected chi connectivity index (χ1v) is 3.83. The molecule has 0 spiro atoms. The van der Waals surface area contributed by atoms with Gasteiger partial charge in [-0.15, -0.1) is 0 Å². The summed E-state index contributed by atoms with van der Waals surface area (Å²) in [5.74, 6) is 0.503. The first-order chi connectivity index (χ1) is 5.34. The average Bonchev–Trinajstić information content (AvgIpc) is 2.52. The zero-order chi connectivity index (χ0) is 8.10. The Balaban J connectivity index is 2.31. The van der Waals surface area contributed by atoms with Crippen LogP contribution < -0.4 is 5.32 Å². The summed E-state index contributed by atoms with van der Waals surface area (Å²) in [6.07, 6.45) is 3.24. The van der Waals surface area contributed by atoms with Gasteiger partial charge in [0.15, 0.2) is 0 Å². The topological polar surface area (TPSA) is 55.3 Å². The summed E-state index contributed by atoms with van der Waals surface area (Å²) in [4.78, 5) is 14.7. The normalized spacial score (nSPS) is 14.8. The number of quaternary nitrogens is 1. The van der Waals surface area contributed by atoms with Gasteiger partial charge < -0.3 is 4.74 Å². The van der Waals surface area contributed by atoms with Crippen molar-refractivity contribution in [1.29, 1.82) is 0 Å². The van der Waals surface area contributed by atoms with Crippen LogP contribution in [-0.2, 0) is 9.53 Å². The first kappa shape index (κ1) is 8.29. The van der Waals surface area contributed by atoms with Crippen molar-refractivity contribution >= 4 is 24.4 Å². The standard InChI is InChI=1S/C6H8N2O2S/c9-6(10-3-4-11)5-7-1-2-8-5/h1-2,11H,3-4H2,(H,7,8)/p+1. The fourth-order valence-electron chi connectivity index (χ4n) is 0.634. The van der Waals surface area contributed by atoms with Gasteiger partial charge in [-0.25, -0.2) is 4.79 Å². The van der Waals surface area contributed by atoms with E-state index in [-0.39, 0.29) is 5.97 Å². The Morgan fingerprint density at radius 1 is 1.82 bits per heavy atom. The van der Waals surface area contributed by atoms with Crippen molar-refractivity contribution in [2.75, 3.05) is 12.4 Å². The number of hydrogen-bond donors (Lipinski definition) is 2. The molecule has 0 saturated heterocycles. The van der Waals surface area contributed by atoms with Crippen molar-refractivity contribution in [2.45, 2.75) is 0 Å². The largest absolute Gasteiger partial charge is 0.456 e. The molecule has 0 fully saturated rings. The lowest BCUT2D eigenvalue weighted by atomic mass is 10.6. The first-order valence-electron chi connectivity index (χ1n) is 3.20. The van der Waals surface area contributed by atoms with Crippen LogP contribution in [0, 0.1) is 0 Å². The number of carbonyl (C=O) groups excluding carboxylic acids is 1. The van der Waals surface area contributed by atoms with E-state index < -0.39 is 0 Å². The smallest absolute Gasteiger partial charge is 0.414 e. The third-order valence-corrected chi connectivity index (χ3v) is 1.27. The molecule has 0 unspecified atom stereocenters. The summed E-state index contributed by atoms with van der Waals surface area (Å²) < 4.78 is 4.76. The van der Waals surface area contributed by atoms with E-state index in [0.717, 1.165) is 0 Å². The van der Waals surface area contributed by atoms with Crippen molar-refractivity contribution in [1.82, 2.24) is 0 Å². The molecule has 0 aromatic heterocycles. The second-order valence-electron chi connectivity index (χ2n) is 1.88. The Morgan fingerprint density at radius 3 is 3.18 bits per heavy atom. The molecule has 1 heterocycles. The van der Waals surface area contributed by atoms with Crippen molar-refractivity contribution in [3.63, 3.8) is 0 Å². The molecule has 0 saturated carbocycles. The minimum Gasteiger partial charge on any atom is -0.456 e. The van der Waals surface area contributed by atoms with E-state index in [2.05, 4.69) is 17.6 Å².